The van der Waals surface area contributed by atoms with E-state index in [0.717, 1.165) is 90.7 Å². The predicted molar refractivity (Wildman–Crippen MR) is 302 cm³/mol. The maximum atomic E-state index is 5.65. The zero-order valence-electron chi connectivity index (χ0n) is 40.9. The van der Waals surface area contributed by atoms with E-state index in [1.165, 1.54) is 73.3 Å². The Morgan fingerprint density at radius 1 is 0.437 bits per heavy atom. The molecule has 3 nitrogen and oxygen atoms in total. The topological polar surface area (TPSA) is 40.5 Å². The van der Waals surface area contributed by atoms with Gasteiger partial charge in [-0.05, 0) is 99.3 Å². The monoisotopic (exact) mass is 917 g/mol. The Morgan fingerprint density at radius 2 is 0.944 bits per heavy atom. The van der Waals surface area contributed by atoms with Gasteiger partial charge in [0.1, 0.15) is 5.82 Å². The van der Waals surface area contributed by atoms with Crippen molar-refractivity contribution in [1.29, 1.82) is 0 Å². The van der Waals surface area contributed by atoms with Crippen LogP contribution in [0.15, 0.2) is 210 Å². The lowest BCUT2D eigenvalue weighted by atomic mass is 9.94. The Morgan fingerprint density at radius 3 is 1.51 bits per heavy atom. The van der Waals surface area contributed by atoms with Crippen LogP contribution < -0.4 is 0 Å². The summed E-state index contributed by atoms with van der Waals surface area (Å²) in [4.78, 5) is 15.0. The van der Waals surface area contributed by atoms with E-state index in [1.807, 2.05) is 0 Å². The molecule has 2 heterocycles. The Labute approximate surface area is 420 Å². The molecule has 346 valence electrons. The Bertz CT molecular complexity index is 3530. The van der Waals surface area contributed by atoms with Crippen LogP contribution in [0.4, 0.5) is 5.82 Å². The van der Waals surface area contributed by atoms with E-state index in [4.69, 9.17) is 9.98 Å². The highest BCUT2D eigenvalue weighted by molar-refractivity contribution is 6.42. The first-order valence-electron chi connectivity index (χ1n) is 25.6. The number of nitrogens with zero attached hydrogens (tertiary/aromatic N) is 2. The summed E-state index contributed by atoms with van der Waals surface area (Å²) in [5.41, 5.74) is 13.9. The van der Waals surface area contributed by atoms with Crippen molar-refractivity contribution in [3.05, 3.63) is 239 Å². The molecule has 0 saturated heterocycles. The van der Waals surface area contributed by atoms with Crippen LogP contribution in [0.3, 0.4) is 0 Å². The summed E-state index contributed by atoms with van der Waals surface area (Å²) in [6, 6.07) is 68.8. The molecule has 0 fully saturated rings. The van der Waals surface area contributed by atoms with Gasteiger partial charge < -0.3 is 4.98 Å². The second-order valence-corrected chi connectivity index (χ2v) is 18.6. The van der Waals surface area contributed by atoms with Crippen LogP contribution in [-0.4, -0.2) is 16.5 Å². The fourth-order valence-corrected chi connectivity index (χ4v) is 9.62. The van der Waals surface area contributed by atoms with Crippen molar-refractivity contribution in [2.75, 3.05) is 0 Å². The van der Waals surface area contributed by atoms with Crippen LogP contribution in [-0.2, 0) is 12.8 Å². The van der Waals surface area contributed by atoms with Crippen LogP contribution in [0.5, 0.6) is 0 Å². The molecule has 1 aliphatic heterocycles. The van der Waals surface area contributed by atoms with E-state index in [2.05, 4.69) is 237 Å². The molecule has 8 aromatic carbocycles. The Balaban J connectivity index is 1.17. The van der Waals surface area contributed by atoms with E-state index in [0.29, 0.717) is 11.7 Å². The largest absolute Gasteiger partial charge is 0.338 e. The number of fused-ring (bicyclic) bond motifs is 2. The molecule has 0 aliphatic carbocycles. The number of allylic oxidation sites excluding steroid dienone is 1. The third kappa shape index (κ3) is 11.0. The maximum absolute atomic E-state index is 5.65. The number of aromatic amines is 1. The maximum Gasteiger partial charge on any atom is 0.164 e. The van der Waals surface area contributed by atoms with Gasteiger partial charge in [0, 0.05) is 27.8 Å². The van der Waals surface area contributed by atoms with Crippen LogP contribution >= 0.6 is 0 Å². The van der Waals surface area contributed by atoms with Crippen LogP contribution in [0.1, 0.15) is 104 Å². The average molecular weight is 918 g/mol. The quantitative estimate of drug-likeness (QED) is 0.0786. The number of amidine groups is 1. The molecule has 0 atom stereocenters. The van der Waals surface area contributed by atoms with E-state index < -0.39 is 0 Å². The number of rotatable bonds is 15. The van der Waals surface area contributed by atoms with Crippen LogP contribution in [0.2, 0.25) is 0 Å². The summed E-state index contributed by atoms with van der Waals surface area (Å²) < 4.78 is 0. The van der Waals surface area contributed by atoms with Crippen molar-refractivity contribution < 1.29 is 0 Å². The minimum Gasteiger partial charge on any atom is -0.338 e. The standard InChI is InChI=1S/C68H59N3/c1-3-5-7-11-21-49-31-41-57(42-32-49)65-61(45-37-51-35-39-53-23-17-19-29-59(53)47-51)63(55-25-13-9-14-26-55)67(69-65)71-68-64(56-27-15-10-16-28-56)62(46-38-52-36-40-54-24-18-20-30-60(54)48-52)66(70-68)58-43-33-50(34-44-58)22-12-8-6-4-2/h9-10,13-20,23-36,39-44,47-48,69H,3-8,11-12,21-22H2,1-2H3. The number of unbranched alkanes of at least 4 members (excludes halogenated alkanes) is 6. The van der Waals surface area contributed by atoms with Gasteiger partial charge in [-0.1, -0.05) is 246 Å². The number of hydrogen-bond donors (Lipinski definition) is 1. The second kappa shape index (κ2) is 22.5. The molecule has 71 heavy (non-hydrogen) atoms. The first kappa shape index (κ1) is 46.5. The van der Waals surface area contributed by atoms with E-state index in [1.54, 1.807) is 0 Å². The summed E-state index contributed by atoms with van der Waals surface area (Å²) >= 11 is 0. The van der Waals surface area contributed by atoms with Gasteiger partial charge in [-0.3, -0.25) is 0 Å². The molecule has 0 spiro atoms. The molecule has 1 N–H and O–H groups in total. The zero-order chi connectivity index (χ0) is 48.2. The summed E-state index contributed by atoms with van der Waals surface area (Å²) in [5, 5.41) is 4.70. The van der Waals surface area contributed by atoms with Crippen molar-refractivity contribution in [1.82, 2.24) is 4.98 Å². The molecule has 0 radical (unpaired) electrons. The highest BCUT2D eigenvalue weighted by Gasteiger charge is 2.29. The lowest BCUT2D eigenvalue weighted by Crippen LogP contribution is -2.02. The SMILES string of the molecule is CCCCCCc1ccc(C2=NC(=Nc3[nH]c(-c4ccc(CCCCCC)cc4)c(C#Cc4ccc5ccccc5c4)c3-c3ccccc3)C(c3ccccc3)=C2C#Cc2ccc3ccccc3c2)cc1. The normalized spacial score (nSPS) is 12.8. The highest BCUT2D eigenvalue weighted by atomic mass is 15.0. The number of nitrogens with one attached hydrogen (secondary N) is 1. The summed E-state index contributed by atoms with van der Waals surface area (Å²) in [5.74, 6) is 15.9. The second-order valence-electron chi connectivity index (χ2n) is 18.6. The van der Waals surface area contributed by atoms with Crippen molar-refractivity contribution >= 4 is 44.5 Å². The minimum absolute atomic E-state index is 0.596. The molecule has 10 rings (SSSR count). The number of H-pyrrole nitrogens is 1. The van der Waals surface area contributed by atoms with E-state index in [-0.39, 0.29) is 0 Å². The fraction of sp³-hybridized carbons (Fsp3) is 0.176. The third-order valence-electron chi connectivity index (χ3n) is 13.5. The molecule has 9 aromatic rings. The molecular formula is C68H59N3. The van der Waals surface area contributed by atoms with Gasteiger partial charge in [0.15, 0.2) is 5.84 Å². The molecular weight excluding hydrogens is 859 g/mol. The molecule has 1 aliphatic rings. The van der Waals surface area contributed by atoms with Gasteiger partial charge in [-0.15, -0.1) is 0 Å². The number of aryl methyl sites for hydroxylation is 2. The fourth-order valence-electron chi connectivity index (χ4n) is 9.62. The number of hydrogen-bond acceptors (Lipinski definition) is 1. The van der Waals surface area contributed by atoms with Gasteiger partial charge in [0.25, 0.3) is 0 Å². The molecule has 0 saturated carbocycles. The van der Waals surface area contributed by atoms with E-state index >= 15 is 0 Å². The number of benzene rings is 8. The van der Waals surface area contributed by atoms with Crippen molar-refractivity contribution in [2.24, 2.45) is 9.98 Å². The Kier molecular flexibility index (Phi) is 14.7. The number of aliphatic imine (C=N–C) groups is 2. The first-order chi connectivity index (χ1) is 35.1. The minimum atomic E-state index is 0.596. The van der Waals surface area contributed by atoms with Crippen LogP contribution in [0.25, 0.3) is 49.5 Å². The lowest BCUT2D eigenvalue weighted by Gasteiger charge is -2.07. The summed E-state index contributed by atoms with van der Waals surface area (Å²) in [6.07, 6.45) is 12.0. The van der Waals surface area contributed by atoms with Gasteiger partial charge in [-0.2, -0.15) is 0 Å². The predicted octanol–water partition coefficient (Wildman–Crippen LogP) is 17.3. The highest BCUT2D eigenvalue weighted by Crippen LogP contribution is 2.42. The van der Waals surface area contributed by atoms with Crippen LogP contribution in [0, 0.1) is 23.7 Å². The third-order valence-corrected chi connectivity index (χ3v) is 13.5. The zero-order valence-corrected chi connectivity index (χ0v) is 40.9. The first-order valence-corrected chi connectivity index (χ1v) is 25.6. The Hall–Kier alpha value is -8.24. The van der Waals surface area contributed by atoms with E-state index in [9.17, 15) is 0 Å². The van der Waals surface area contributed by atoms with Crippen molar-refractivity contribution in [3.8, 4) is 46.1 Å². The van der Waals surface area contributed by atoms with Gasteiger partial charge in [0.2, 0.25) is 0 Å². The van der Waals surface area contributed by atoms with Gasteiger partial charge in [0.05, 0.1) is 22.5 Å². The molecule has 1 aromatic heterocycles. The summed E-state index contributed by atoms with van der Waals surface area (Å²) in [7, 11) is 0. The molecule has 0 bridgehead atoms. The van der Waals surface area contributed by atoms with Gasteiger partial charge in [-0.25, -0.2) is 9.98 Å². The number of aromatic nitrogens is 1. The smallest absolute Gasteiger partial charge is 0.164 e. The summed E-state index contributed by atoms with van der Waals surface area (Å²) in [6.45, 7) is 4.53. The van der Waals surface area contributed by atoms with Crippen molar-refractivity contribution in [3.63, 3.8) is 0 Å². The van der Waals surface area contributed by atoms with Crippen molar-refractivity contribution in [2.45, 2.75) is 78.1 Å². The molecule has 0 amide bonds. The lowest BCUT2D eigenvalue weighted by molar-refractivity contribution is 0.667. The molecule has 3 heteroatoms. The van der Waals surface area contributed by atoms with Gasteiger partial charge >= 0.3 is 0 Å². The average Bonchev–Trinajstić information content (AvgIpc) is 3.98. The molecule has 0 unspecified atom stereocenters.